The molecule has 0 unspecified atom stereocenters. The molecule has 0 radical (unpaired) electrons. The van der Waals surface area contributed by atoms with E-state index < -0.39 is 11.7 Å². The first-order valence-electron chi connectivity index (χ1n) is 11.4. The standard InChI is InChI=1S/C27H40N2O3/c1-25(2,3)32-24(30)29-17-16-28-19-21-12-11-15-23(18-21)31-27(6,7)20-26(4,5)22-13-9-8-10-14-22/h8-15,18,28H,16-17,19-20H2,1-7H3,(H,29,30). The van der Waals surface area contributed by atoms with Crippen molar-refractivity contribution in [2.24, 2.45) is 0 Å². The van der Waals surface area contributed by atoms with Crippen molar-refractivity contribution in [2.45, 2.75) is 78.0 Å². The summed E-state index contributed by atoms with van der Waals surface area (Å²) in [6, 6.07) is 18.8. The van der Waals surface area contributed by atoms with E-state index in [4.69, 9.17) is 9.47 Å². The van der Waals surface area contributed by atoms with E-state index in [1.165, 1.54) is 5.56 Å². The van der Waals surface area contributed by atoms with Gasteiger partial charge in [-0.25, -0.2) is 4.79 Å². The van der Waals surface area contributed by atoms with Crippen LogP contribution in [-0.2, 0) is 16.7 Å². The molecule has 0 heterocycles. The summed E-state index contributed by atoms with van der Waals surface area (Å²) in [5.74, 6) is 0.866. The maximum atomic E-state index is 11.7. The van der Waals surface area contributed by atoms with Crippen molar-refractivity contribution in [2.75, 3.05) is 13.1 Å². The molecule has 1 amide bonds. The first kappa shape index (κ1) is 25.7. The number of carbonyl (C=O) groups excluding carboxylic acids is 1. The van der Waals surface area contributed by atoms with Gasteiger partial charge in [0, 0.05) is 19.6 Å². The van der Waals surface area contributed by atoms with Crippen molar-refractivity contribution in [3.05, 3.63) is 65.7 Å². The van der Waals surface area contributed by atoms with Gasteiger partial charge >= 0.3 is 6.09 Å². The number of nitrogens with one attached hydrogen (secondary N) is 2. The van der Waals surface area contributed by atoms with Gasteiger partial charge in [0.15, 0.2) is 0 Å². The molecule has 32 heavy (non-hydrogen) atoms. The van der Waals surface area contributed by atoms with Crippen LogP contribution in [0, 0.1) is 0 Å². The summed E-state index contributed by atoms with van der Waals surface area (Å²) >= 11 is 0. The van der Waals surface area contributed by atoms with Crippen molar-refractivity contribution < 1.29 is 14.3 Å². The van der Waals surface area contributed by atoms with Crippen molar-refractivity contribution in [1.82, 2.24) is 10.6 Å². The van der Waals surface area contributed by atoms with Crippen LogP contribution in [0.4, 0.5) is 4.79 Å². The number of amides is 1. The average molecular weight is 441 g/mol. The van der Waals surface area contributed by atoms with E-state index in [2.05, 4.69) is 74.7 Å². The Hall–Kier alpha value is -2.53. The number of carbonyl (C=O) groups is 1. The largest absolute Gasteiger partial charge is 0.488 e. The fraction of sp³-hybridized carbons (Fsp3) is 0.519. The lowest BCUT2D eigenvalue weighted by Gasteiger charge is -2.36. The predicted molar refractivity (Wildman–Crippen MR) is 131 cm³/mol. The third-order valence-electron chi connectivity index (χ3n) is 5.01. The number of ether oxygens (including phenoxy) is 2. The zero-order valence-electron chi connectivity index (χ0n) is 20.7. The van der Waals surface area contributed by atoms with Gasteiger partial charge in [-0.05, 0) is 69.7 Å². The van der Waals surface area contributed by atoms with Gasteiger partial charge in [-0.1, -0.05) is 56.3 Å². The van der Waals surface area contributed by atoms with Crippen LogP contribution in [-0.4, -0.2) is 30.4 Å². The second kappa shape index (κ2) is 10.9. The Morgan fingerprint density at radius 2 is 1.56 bits per heavy atom. The molecule has 0 aromatic heterocycles. The molecule has 0 spiro atoms. The molecule has 176 valence electrons. The van der Waals surface area contributed by atoms with Gasteiger partial charge in [0.2, 0.25) is 0 Å². The highest BCUT2D eigenvalue weighted by molar-refractivity contribution is 5.67. The Morgan fingerprint density at radius 3 is 2.22 bits per heavy atom. The Labute approximate surface area is 193 Å². The number of alkyl carbamates (subject to hydrolysis) is 1. The highest BCUT2D eigenvalue weighted by Crippen LogP contribution is 2.34. The van der Waals surface area contributed by atoms with Crippen LogP contribution >= 0.6 is 0 Å². The second-order valence-electron chi connectivity index (χ2n) is 10.5. The Balaban J connectivity index is 1.83. The molecule has 5 heteroatoms. The molecular formula is C27H40N2O3. The first-order valence-corrected chi connectivity index (χ1v) is 11.4. The van der Waals surface area contributed by atoms with Crippen LogP contribution in [0.15, 0.2) is 54.6 Å². The first-order chi connectivity index (χ1) is 14.9. The van der Waals surface area contributed by atoms with Crippen LogP contribution < -0.4 is 15.4 Å². The highest BCUT2D eigenvalue weighted by atomic mass is 16.6. The van der Waals surface area contributed by atoms with Gasteiger partial charge in [-0.3, -0.25) is 0 Å². The molecule has 5 nitrogen and oxygen atoms in total. The molecule has 0 saturated heterocycles. The summed E-state index contributed by atoms with van der Waals surface area (Å²) in [4.78, 5) is 11.7. The van der Waals surface area contributed by atoms with Gasteiger partial charge in [0.25, 0.3) is 0 Å². The minimum Gasteiger partial charge on any atom is -0.488 e. The smallest absolute Gasteiger partial charge is 0.407 e. The van der Waals surface area contributed by atoms with Gasteiger partial charge in [0.05, 0.1) is 0 Å². The molecule has 2 rings (SSSR count). The summed E-state index contributed by atoms with van der Waals surface area (Å²) in [5, 5.41) is 6.10. The summed E-state index contributed by atoms with van der Waals surface area (Å²) in [7, 11) is 0. The molecule has 0 bridgehead atoms. The van der Waals surface area contributed by atoms with Crippen molar-refractivity contribution >= 4 is 6.09 Å². The monoisotopic (exact) mass is 440 g/mol. The van der Waals surface area contributed by atoms with Crippen LogP contribution in [0.1, 0.15) is 66.0 Å². The average Bonchev–Trinajstić information content (AvgIpc) is 2.66. The van der Waals surface area contributed by atoms with E-state index in [1.807, 2.05) is 39.0 Å². The molecule has 2 aromatic rings. The number of hydrogen-bond acceptors (Lipinski definition) is 4. The van der Waals surface area contributed by atoms with Crippen molar-refractivity contribution in [1.29, 1.82) is 0 Å². The van der Waals surface area contributed by atoms with Crippen LogP contribution in [0.5, 0.6) is 5.75 Å². The summed E-state index contributed by atoms with van der Waals surface area (Å²) in [6.07, 6.45) is 0.499. The lowest BCUT2D eigenvalue weighted by molar-refractivity contribution is 0.0528. The molecule has 0 saturated carbocycles. The van der Waals surface area contributed by atoms with Gasteiger partial charge in [-0.15, -0.1) is 0 Å². The molecule has 0 aliphatic heterocycles. The van der Waals surface area contributed by atoms with Gasteiger partial charge in [-0.2, -0.15) is 0 Å². The predicted octanol–water partition coefficient (Wildman–Crippen LogP) is 5.83. The second-order valence-corrected chi connectivity index (χ2v) is 10.5. The van der Waals surface area contributed by atoms with Crippen molar-refractivity contribution in [3.63, 3.8) is 0 Å². The van der Waals surface area contributed by atoms with E-state index in [1.54, 1.807) is 0 Å². The molecule has 2 N–H and O–H groups in total. The van der Waals surface area contributed by atoms with Crippen LogP contribution in [0.25, 0.3) is 0 Å². The lowest BCUT2D eigenvalue weighted by atomic mass is 9.76. The normalized spacial score (nSPS) is 12.3. The zero-order valence-corrected chi connectivity index (χ0v) is 20.7. The molecule has 2 aromatic carbocycles. The minimum absolute atomic E-state index is 0.00502. The van der Waals surface area contributed by atoms with E-state index in [9.17, 15) is 4.79 Å². The topological polar surface area (TPSA) is 59.6 Å². The SMILES string of the molecule is CC(C)(C)OC(=O)NCCNCc1cccc(OC(C)(C)CC(C)(C)c2ccccc2)c1. The fourth-order valence-electron chi connectivity index (χ4n) is 3.93. The Kier molecular flexibility index (Phi) is 8.73. The third-order valence-corrected chi connectivity index (χ3v) is 5.01. The lowest BCUT2D eigenvalue weighted by Crippen LogP contribution is -2.36. The molecule has 0 aliphatic rings. The molecule has 0 aliphatic carbocycles. The minimum atomic E-state index is -0.484. The fourth-order valence-corrected chi connectivity index (χ4v) is 3.93. The van der Waals surface area contributed by atoms with E-state index >= 15 is 0 Å². The van der Waals surface area contributed by atoms with Crippen LogP contribution in [0.2, 0.25) is 0 Å². The van der Waals surface area contributed by atoms with E-state index in [-0.39, 0.29) is 11.0 Å². The number of benzene rings is 2. The van der Waals surface area contributed by atoms with E-state index in [0.717, 1.165) is 17.7 Å². The maximum absolute atomic E-state index is 11.7. The molecule has 0 fully saturated rings. The van der Waals surface area contributed by atoms with Gasteiger partial charge in [0.1, 0.15) is 17.0 Å². The Bertz CT molecular complexity index is 855. The van der Waals surface area contributed by atoms with Crippen molar-refractivity contribution in [3.8, 4) is 5.75 Å². The summed E-state index contributed by atoms with van der Waals surface area (Å²) in [5.41, 5.74) is 1.66. The maximum Gasteiger partial charge on any atom is 0.407 e. The number of hydrogen-bond donors (Lipinski definition) is 2. The van der Waals surface area contributed by atoms with E-state index in [0.29, 0.717) is 19.6 Å². The quantitative estimate of drug-likeness (QED) is 0.457. The summed E-state index contributed by atoms with van der Waals surface area (Å²) in [6.45, 7) is 16.2. The summed E-state index contributed by atoms with van der Waals surface area (Å²) < 4.78 is 11.6. The highest BCUT2D eigenvalue weighted by Gasteiger charge is 2.31. The zero-order chi connectivity index (χ0) is 23.8. The van der Waals surface area contributed by atoms with Crippen LogP contribution in [0.3, 0.4) is 0 Å². The third kappa shape index (κ3) is 9.31. The van der Waals surface area contributed by atoms with Gasteiger partial charge < -0.3 is 20.1 Å². The molecular weight excluding hydrogens is 400 g/mol. The number of rotatable bonds is 10. The molecule has 0 atom stereocenters. The Morgan fingerprint density at radius 1 is 0.875 bits per heavy atom.